The quantitative estimate of drug-likeness (QED) is 0.647. The average molecular weight is 282 g/mol. The molecule has 0 bridgehead atoms. The van der Waals surface area contributed by atoms with Crippen LogP contribution in [0.4, 0.5) is 0 Å². The molecule has 0 heterocycles. The summed E-state index contributed by atoms with van der Waals surface area (Å²) in [6.45, 7) is 0. The molecule has 0 saturated carbocycles. The minimum atomic E-state index is 0. The number of rotatable bonds is 2. The van der Waals surface area contributed by atoms with E-state index in [1.165, 1.54) is 17.3 Å². The Labute approximate surface area is 96.3 Å². The molecule has 0 spiro atoms. The van der Waals surface area contributed by atoms with Crippen molar-refractivity contribution in [2.24, 2.45) is 5.73 Å². The molecule has 2 nitrogen and oxygen atoms in total. The number of nitrogens with one attached hydrogen (secondary N) is 1. The van der Waals surface area contributed by atoms with Gasteiger partial charge in [0.1, 0.15) is 0 Å². The van der Waals surface area contributed by atoms with Crippen molar-refractivity contribution in [2.45, 2.75) is 5.75 Å². The van der Waals surface area contributed by atoms with E-state index in [1.807, 2.05) is 24.3 Å². The summed E-state index contributed by atoms with van der Waals surface area (Å²) in [5.41, 5.74) is 6.38. The molecule has 0 aliphatic heterocycles. The van der Waals surface area contributed by atoms with Gasteiger partial charge in [-0.05, 0) is 17.7 Å². The second-order valence-electron chi connectivity index (χ2n) is 2.28. The highest BCUT2D eigenvalue weighted by atomic mass is 79.9. The van der Waals surface area contributed by atoms with Gasteiger partial charge in [0.2, 0.25) is 0 Å². The van der Waals surface area contributed by atoms with Crippen LogP contribution in [0.3, 0.4) is 0 Å². The lowest BCUT2D eigenvalue weighted by molar-refractivity contribution is 1.40. The zero-order valence-electron chi connectivity index (χ0n) is 6.79. The van der Waals surface area contributed by atoms with Crippen molar-refractivity contribution in [3.05, 3.63) is 34.3 Å². The number of benzene rings is 1. The number of hydrogen-bond acceptors (Lipinski definition) is 2. The standard InChI is InChI=1S/C8H9BrN2S.ClH/c9-7-3-1-2-6(4-7)5-12-8(10)11;/h1-4H,5H2,(H3,10,11);1H. The van der Waals surface area contributed by atoms with Gasteiger partial charge in [0.25, 0.3) is 0 Å². The van der Waals surface area contributed by atoms with E-state index in [4.69, 9.17) is 11.1 Å². The lowest BCUT2D eigenvalue weighted by Crippen LogP contribution is -2.03. The van der Waals surface area contributed by atoms with E-state index in [0.717, 1.165) is 10.2 Å². The fourth-order valence-corrected chi connectivity index (χ4v) is 1.74. The number of nitrogens with two attached hydrogens (primary N) is 1. The third kappa shape index (κ3) is 5.18. The molecule has 0 saturated heterocycles. The number of amidine groups is 1. The van der Waals surface area contributed by atoms with Gasteiger partial charge in [0.15, 0.2) is 5.17 Å². The maximum atomic E-state index is 7.03. The van der Waals surface area contributed by atoms with Crippen molar-refractivity contribution >= 4 is 45.3 Å². The lowest BCUT2D eigenvalue weighted by Gasteiger charge is -1.99. The topological polar surface area (TPSA) is 49.9 Å². The van der Waals surface area contributed by atoms with Crippen molar-refractivity contribution in [3.8, 4) is 0 Å². The average Bonchev–Trinajstić information content (AvgIpc) is 2.01. The second kappa shape index (κ2) is 6.29. The van der Waals surface area contributed by atoms with E-state index in [-0.39, 0.29) is 17.6 Å². The van der Waals surface area contributed by atoms with Crippen LogP contribution < -0.4 is 5.73 Å². The SMILES string of the molecule is Cl.N=C(N)SCc1cccc(Br)c1. The maximum Gasteiger partial charge on any atom is 0.151 e. The first-order valence-corrected chi connectivity index (χ1v) is 5.17. The molecular formula is C8H10BrClN2S. The van der Waals surface area contributed by atoms with E-state index in [0.29, 0.717) is 0 Å². The summed E-state index contributed by atoms with van der Waals surface area (Å²) in [7, 11) is 0. The first-order chi connectivity index (χ1) is 5.68. The molecular weight excluding hydrogens is 272 g/mol. The molecule has 0 amide bonds. The fraction of sp³-hybridized carbons (Fsp3) is 0.125. The van der Waals surface area contributed by atoms with Crippen LogP contribution in [0.15, 0.2) is 28.7 Å². The van der Waals surface area contributed by atoms with E-state index in [1.54, 1.807) is 0 Å². The summed E-state index contributed by atoms with van der Waals surface area (Å²) in [5, 5.41) is 7.19. The van der Waals surface area contributed by atoms with Crippen LogP contribution in [0, 0.1) is 5.41 Å². The Balaban J connectivity index is 0.00000144. The molecule has 0 aliphatic rings. The molecule has 1 aromatic rings. The first kappa shape index (κ1) is 12.8. The molecule has 72 valence electrons. The molecule has 0 fully saturated rings. The monoisotopic (exact) mass is 280 g/mol. The normalized spacial score (nSPS) is 9.00. The zero-order chi connectivity index (χ0) is 8.97. The molecule has 13 heavy (non-hydrogen) atoms. The summed E-state index contributed by atoms with van der Waals surface area (Å²) >= 11 is 4.71. The Morgan fingerprint density at radius 1 is 1.54 bits per heavy atom. The summed E-state index contributed by atoms with van der Waals surface area (Å²) in [6, 6.07) is 7.98. The Hall–Kier alpha value is -0.190. The van der Waals surface area contributed by atoms with Gasteiger partial charge in [0, 0.05) is 10.2 Å². The van der Waals surface area contributed by atoms with Crippen LogP contribution in [-0.4, -0.2) is 5.17 Å². The van der Waals surface area contributed by atoms with Gasteiger partial charge in [-0.1, -0.05) is 39.8 Å². The Bertz CT molecular complexity index is 293. The predicted octanol–water partition coefficient (Wildman–Crippen LogP) is 3.00. The Morgan fingerprint density at radius 2 is 2.23 bits per heavy atom. The van der Waals surface area contributed by atoms with Gasteiger partial charge >= 0.3 is 0 Å². The highest BCUT2D eigenvalue weighted by Gasteiger charge is 1.95. The van der Waals surface area contributed by atoms with E-state index >= 15 is 0 Å². The van der Waals surface area contributed by atoms with Gasteiger partial charge in [-0.15, -0.1) is 12.4 Å². The minimum Gasteiger partial charge on any atom is -0.379 e. The smallest absolute Gasteiger partial charge is 0.151 e. The third-order valence-electron chi connectivity index (χ3n) is 1.28. The molecule has 3 N–H and O–H groups in total. The van der Waals surface area contributed by atoms with Crippen molar-refractivity contribution in [2.75, 3.05) is 0 Å². The molecule has 0 unspecified atom stereocenters. The van der Waals surface area contributed by atoms with Crippen LogP contribution in [0.5, 0.6) is 0 Å². The molecule has 0 aromatic heterocycles. The van der Waals surface area contributed by atoms with Gasteiger partial charge in [-0.3, -0.25) is 5.41 Å². The Kier molecular flexibility index (Phi) is 6.20. The molecule has 0 radical (unpaired) electrons. The second-order valence-corrected chi connectivity index (χ2v) is 4.22. The van der Waals surface area contributed by atoms with Gasteiger partial charge in [-0.2, -0.15) is 0 Å². The Morgan fingerprint density at radius 3 is 2.77 bits per heavy atom. The van der Waals surface area contributed by atoms with Crippen molar-refractivity contribution < 1.29 is 0 Å². The number of halogens is 2. The van der Waals surface area contributed by atoms with E-state index in [9.17, 15) is 0 Å². The van der Waals surface area contributed by atoms with E-state index < -0.39 is 0 Å². The van der Waals surface area contributed by atoms with Crippen LogP contribution in [0.1, 0.15) is 5.56 Å². The van der Waals surface area contributed by atoms with Crippen molar-refractivity contribution in [1.29, 1.82) is 5.41 Å². The summed E-state index contributed by atoms with van der Waals surface area (Å²) in [5.74, 6) is 0.759. The number of thioether (sulfide) groups is 1. The van der Waals surface area contributed by atoms with Crippen LogP contribution in [-0.2, 0) is 5.75 Å². The van der Waals surface area contributed by atoms with Crippen molar-refractivity contribution in [3.63, 3.8) is 0 Å². The largest absolute Gasteiger partial charge is 0.379 e. The predicted molar refractivity (Wildman–Crippen MR) is 64.6 cm³/mol. The van der Waals surface area contributed by atoms with E-state index in [2.05, 4.69) is 15.9 Å². The van der Waals surface area contributed by atoms with Gasteiger partial charge in [-0.25, -0.2) is 0 Å². The summed E-state index contributed by atoms with van der Waals surface area (Å²) in [4.78, 5) is 0. The third-order valence-corrected chi connectivity index (χ3v) is 2.57. The van der Waals surface area contributed by atoms with Crippen LogP contribution in [0.25, 0.3) is 0 Å². The van der Waals surface area contributed by atoms with Crippen LogP contribution >= 0.6 is 40.1 Å². The van der Waals surface area contributed by atoms with Crippen LogP contribution in [0.2, 0.25) is 0 Å². The van der Waals surface area contributed by atoms with Crippen molar-refractivity contribution in [1.82, 2.24) is 0 Å². The van der Waals surface area contributed by atoms with Gasteiger partial charge in [0.05, 0.1) is 0 Å². The molecule has 0 atom stereocenters. The molecule has 1 aromatic carbocycles. The number of hydrogen-bond donors (Lipinski definition) is 2. The maximum absolute atomic E-state index is 7.03. The fourth-order valence-electron chi connectivity index (χ4n) is 0.788. The molecule has 1 rings (SSSR count). The minimum absolute atomic E-state index is 0. The highest BCUT2D eigenvalue weighted by Crippen LogP contribution is 2.16. The molecule has 5 heteroatoms. The van der Waals surface area contributed by atoms with Gasteiger partial charge < -0.3 is 5.73 Å². The first-order valence-electron chi connectivity index (χ1n) is 3.40. The summed E-state index contributed by atoms with van der Waals surface area (Å²) < 4.78 is 1.06. The lowest BCUT2D eigenvalue weighted by atomic mass is 10.2. The summed E-state index contributed by atoms with van der Waals surface area (Å²) in [6.07, 6.45) is 0. The highest BCUT2D eigenvalue weighted by molar-refractivity contribution is 9.10. The molecule has 0 aliphatic carbocycles. The zero-order valence-corrected chi connectivity index (χ0v) is 10.0.